The standard InChI is InChI=1S/C13H18N2O5S/c1-10(16)14-11-3-4-12(19-2)13(9-11)21(17,18)15-5-7-20-8-6-15/h3-4,9H,5-8H2,1-2H3,(H,14,16). The second-order valence-electron chi connectivity index (χ2n) is 4.56. The summed E-state index contributed by atoms with van der Waals surface area (Å²) in [5, 5.41) is 2.57. The first kappa shape index (κ1) is 15.7. The highest BCUT2D eigenvalue weighted by molar-refractivity contribution is 7.89. The molecule has 1 saturated heterocycles. The minimum atomic E-state index is -3.69. The molecule has 0 bridgehead atoms. The summed E-state index contributed by atoms with van der Waals surface area (Å²) in [5.74, 6) is -0.0227. The van der Waals surface area contributed by atoms with Gasteiger partial charge in [0.05, 0.1) is 20.3 Å². The van der Waals surface area contributed by atoms with Crippen LogP contribution in [0.2, 0.25) is 0 Å². The van der Waals surface area contributed by atoms with Crippen molar-refractivity contribution in [3.8, 4) is 5.75 Å². The van der Waals surface area contributed by atoms with Gasteiger partial charge in [-0.2, -0.15) is 4.31 Å². The second kappa shape index (κ2) is 6.42. The molecule has 0 atom stereocenters. The minimum Gasteiger partial charge on any atom is -0.495 e. The highest BCUT2D eigenvalue weighted by Crippen LogP contribution is 2.30. The number of anilines is 1. The molecule has 7 nitrogen and oxygen atoms in total. The van der Waals surface area contributed by atoms with Gasteiger partial charge in [0.25, 0.3) is 0 Å². The Hall–Kier alpha value is -1.64. The fourth-order valence-electron chi connectivity index (χ4n) is 2.09. The molecule has 1 aliphatic heterocycles. The average molecular weight is 314 g/mol. The van der Waals surface area contributed by atoms with Crippen LogP contribution in [0.3, 0.4) is 0 Å². The zero-order valence-electron chi connectivity index (χ0n) is 12.0. The third kappa shape index (κ3) is 3.52. The lowest BCUT2D eigenvalue weighted by atomic mass is 10.3. The molecule has 1 aromatic rings. The van der Waals surface area contributed by atoms with Crippen molar-refractivity contribution in [1.82, 2.24) is 4.31 Å². The summed E-state index contributed by atoms with van der Waals surface area (Å²) in [6, 6.07) is 4.53. The highest BCUT2D eigenvalue weighted by atomic mass is 32.2. The number of rotatable bonds is 4. The quantitative estimate of drug-likeness (QED) is 0.883. The van der Waals surface area contributed by atoms with Crippen molar-refractivity contribution in [3.05, 3.63) is 18.2 Å². The molecule has 0 aromatic heterocycles. The van der Waals surface area contributed by atoms with Crippen LogP contribution >= 0.6 is 0 Å². The van der Waals surface area contributed by atoms with Gasteiger partial charge in [-0.1, -0.05) is 0 Å². The number of morpholine rings is 1. The van der Waals surface area contributed by atoms with Gasteiger partial charge in [-0.15, -0.1) is 0 Å². The number of ether oxygens (including phenoxy) is 2. The van der Waals surface area contributed by atoms with Crippen LogP contribution in [0.5, 0.6) is 5.75 Å². The van der Waals surface area contributed by atoms with Gasteiger partial charge in [0.2, 0.25) is 15.9 Å². The van der Waals surface area contributed by atoms with Crippen LogP contribution in [0.25, 0.3) is 0 Å². The molecule has 1 N–H and O–H groups in total. The first-order chi connectivity index (χ1) is 9.95. The molecule has 21 heavy (non-hydrogen) atoms. The summed E-state index contributed by atoms with van der Waals surface area (Å²) in [4.78, 5) is 11.2. The van der Waals surface area contributed by atoms with Gasteiger partial charge in [-0.3, -0.25) is 4.79 Å². The number of sulfonamides is 1. The Labute approximate surface area is 123 Å². The summed E-state index contributed by atoms with van der Waals surface area (Å²) in [6.45, 7) is 2.70. The van der Waals surface area contributed by atoms with Crippen molar-refractivity contribution in [2.45, 2.75) is 11.8 Å². The highest BCUT2D eigenvalue weighted by Gasteiger charge is 2.29. The average Bonchev–Trinajstić information content (AvgIpc) is 2.47. The van der Waals surface area contributed by atoms with Gasteiger partial charge < -0.3 is 14.8 Å². The third-order valence-electron chi connectivity index (χ3n) is 3.07. The molecule has 1 heterocycles. The van der Waals surface area contributed by atoms with Gasteiger partial charge in [-0.05, 0) is 18.2 Å². The lowest BCUT2D eigenvalue weighted by Gasteiger charge is -2.26. The first-order valence-corrected chi connectivity index (χ1v) is 7.92. The predicted octanol–water partition coefficient (Wildman–Crippen LogP) is 0.674. The van der Waals surface area contributed by atoms with Gasteiger partial charge in [0.1, 0.15) is 10.6 Å². The van der Waals surface area contributed by atoms with Crippen LogP contribution in [-0.4, -0.2) is 52.0 Å². The van der Waals surface area contributed by atoms with Gasteiger partial charge in [-0.25, -0.2) is 8.42 Å². The maximum atomic E-state index is 12.7. The van der Waals surface area contributed by atoms with Gasteiger partial charge >= 0.3 is 0 Å². The Morgan fingerprint density at radius 1 is 1.33 bits per heavy atom. The smallest absolute Gasteiger partial charge is 0.246 e. The lowest BCUT2D eigenvalue weighted by Crippen LogP contribution is -2.40. The largest absolute Gasteiger partial charge is 0.495 e. The molecule has 2 rings (SSSR count). The fraction of sp³-hybridized carbons (Fsp3) is 0.462. The Morgan fingerprint density at radius 2 is 2.00 bits per heavy atom. The van der Waals surface area contributed by atoms with E-state index in [2.05, 4.69) is 5.32 Å². The van der Waals surface area contributed by atoms with Crippen molar-refractivity contribution < 1.29 is 22.7 Å². The number of amides is 1. The van der Waals surface area contributed by atoms with Crippen molar-refractivity contribution in [2.24, 2.45) is 0 Å². The van der Waals surface area contributed by atoms with Crippen LogP contribution in [0.1, 0.15) is 6.92 Å². The number of benzene rings is 1. The number of methoxy groups -OCH3 is 1. The van der Waals surface area contributed by atoms with Gasteiger partial charge in [0, 0.05) is 25.7 Å². The van der Waals surface area contributed by atoms with Gasteiger partial charge in [0.15, 0.2) is 0 Å². The molecule has 1 amide bonds. The monoisotopic (exact) mass is 314 g/mol. The Bertz CT molecular complexity index is 623. The Morgan fingerprint density at radius 3 is 2.57 bits per heavy atom. The number of carbonyl (C=O) groups is 1. The van der Waals surface area contributed by atoms with E-state index in [9.17, 15) is 13.2 Å². The van der Waals surface area contributed by atoms with Crippen molar-refractivity contribution >= 4 is 21.6 Å². The van der Waals surface area contributed by atoms with Crippen LogP contribution < -0.4 is 10.1 Å². The van der Waals surface area contributed by atoms with E-state index in [1.165, 1.54) is 30.5 Å². The minimum absolute atomic E-state index is 0.0400. The normalized spacial score (nSPS) is 16.5. The fourth-order valence-corrected chi connectivity index (χ4v) is 3.67. The van der Waals surface area contributed by atoms with E-state index in [-0.39, 0.29) is 16.6 Å². The molecule has 1 aromatic carbocycles. The Balaban J connectivity index is 2.41. The summed E-state index contributed by atoms with van der Waals surface area (Å²) in [5.41, 5.74) is 0.412. The van der Waals surface area contributed by atoms with Crippen LogP contribution in [0, 0.1) is 0 Å². The zero-order valence-corrected chi connectivity index (χ0v) is 12.8. The summed E-state index contributed by atoms with van der Waals surface area (Å²) in [6.07, 6.45) is 0. The molecule has 1 fully saturated rings. The predicted molar refractivity (Wildman–Crippen MR) is 76.9 cm³/mol. The van der Waals surface area contributed by atoms with Crippen molar-refractivity contribution in [1.29, 1.82) is 0 Å². The number of hydrogen-bond acceptors (Lipinski definition) is 5. The van der Waals surface area contributed by atoms with Crippen molar-refractivity contribution in [2.75, 3.05) is 38.7 Å². The summed E-state index contributed by atoms with van der Waals surface area (Å²) in [7, 11) is -2.28. The summed E-state index contributed by atoms with van der Waals surface area (Å²) < 4.78 is 37.0. The van der Waals surface area contributed by atoms with Crippen LogP contribution in [0.15, 0.2) is 23.1 Å². The molecule has 0 aliphatic carbocycles. The van der Waals surface area contributed by atoms with Crippen molar-refractivity contribution in [3.63, 3.8) is 0 Å². The van der Waals surface area contributed by atoms with E-state index in [0.29, 0.717) is 32.0 Å². The molecule has 1 aliphatic rings. The van der Waals surface area contributed by atoms with E-state index in [0.717, 1.165) is 0 Å². The third-order valence-corrected chi connectivity index (χ3v) is 4.99. The molecule has 0 saturated carbocycles. The topological polar surface area (TPSA) is 84.9 Å². The molecular weight excluding hydrogens is 296 g/mol. The lowest BCUT2D eigenvalue weighted by molar-refractivity contribution is -0.114. The number of carbonyl (C=O) groups excluding carboxylic acids is 1. The summed E-state index contributed by atoms with van der Waals surface area (Å²) >= 11 is 0. The zero-order chi connectivity index (χ0) is 15.5. The van der Waals surface area contributed by atoms with E-state index in [4.69, 9.17) is 9.47 Å². The molecule has 0 radical (unpaired) electrons. The Kier molecular flexibility index (Phi) is 4.81. The molecule has 8 heteroatoms. The number of nitrogens with one attached hydrogen (secondary N) is 1. The van der Waals surface area contributed by atoms with E-state index in [1.54, 1.807) is 6.07 Å². The number of hydrogen-bond donors (Lipinski definition) is 1. The molecule has 0 spiro atoms. The van der Waals surface area contributed by atoms with Crippen LogP contribution in [-0.2, 0) is 19.6 Å². The molecule has 116 valence electrons. The maximum Gasteiger partial charge on any atom is 0.246 e. The van der Waals surface area contributed by atoms with Crippen LogP contribution in [0.4, 0.5) is 5.69 Å². The molecule has 0 unspecified atom stereocenters. The van der Waals surface area contributed by atoms with E-state index < -0.39 is 10.0 Å². The maximum absolute atomic E-state index is 12.7. The van der Waals surface area contributed by atoms with E-state index in [1.807, 2.05) is 0 Å². The SMILES string of the molecule is COc1ccc(NC(C)=O)cc1S(=O)(=O)N1CCOCC1. The first-order valence-electron chi connectivity index (χ1n) is 6.48. The second-order valence-corrected chi connectivity index (χ2v) is 6.47. The number of nitrogens with zero attached hydrogens (tertiary/aromatic N) is 1. The molecular formula is C13H18N2O5S. The van der Waals surface area contributed by atoms with E-state index >= 15 is 0 Å².